The van der Waals surface area contributed by atoms with Gasteiger partial charge >= 0.3 is 6.18 Å². The summed E-state index contributed by atoms with van der Waals surface area (Å²) in [7, 11) is 1.66. The number of halogens is 3. The zero-order valence-corrected chi connectivity index (χ0v) is 10.7. The Kier molecular flexibility index (Phi) is 5.32. The summed E-state index contributed by atoms with van der Waals surface area (Å²) in [5.74, 6) is 0. The molecular weight excluding hydrogens is 251 g/mol. The van der Waals surface area contributed by atoms with Crippen LogP contribution in [-0.2, 0) is 6.42 Å². The minimum Gasteiger partial charge on any atom is -0.312 e. The first kappa shape index (κ1) is 14.4. The zero-order valence-electron chi connectivity index (χ0n) is 9.84. The SMILES string of the molecule is CCCc1nnsc1C(CCC(F)(F)F)NC. The van der Waals surface area contributed by atoms with Crippen LogP contribution in [-0.4, -0.2) is 22.8 Å². The summed E-state index contributed by atoms with van der Waals surface area (Å²) >= 11 is 1.18. The first-order valence-corrected chi connectivity index (χ1v) is 6.30. The molecule has 0 saturated carbocycles. The van der Waals surface area contributed by atoms with E-state index in [1.54, 1.807) is 7.05 Å². The average Bonchev–Trinajstić information content (AvgIpc) is 2.66. The molecule has 7 heteroatoms. The van der Waals surface area contributed by atoms with Gasteiger partial charge in [0.1, 0.15) is 0 Å². The summed E-state index contributed by atoms with van der Waals surface area (Å²) in [5.41, 5.74) is 0.819. The van der Waals surface area contributed by atoms with Gasteiger partial charge in [-0.15, -0.1) is 5.10 Å². The molecule has 0 aliphatic rings. The highest BCUT2D eigenvalue weighted by molar-refractivity contribution is 7.05. The summed E-state index contributed by atoms with van der Waals surface area (Å²) in [5, 5.41) is 6.87. The molecule has 0 bridgehead atoms. The van der Waals surface area contributed by atoms with Crippen LogP contribution in [0.5, 0.6) is 0 Å². The Labute approximate surface area is 103 Å². The van der Waals surface area contributed by atoms with E-state index in [1.165, 1.54) is 11.5 Å². The van der Waals surface area contributed by atoms with Crippen molar-refractivity contribution >= 4 is 11.5 Å². The van der Waals surface area contributed by atoms with Gasteiger partial charge in [0.25, 0.3) is 0 Å². The van der Waals surface area contributed by atoms with E-state index in [-0.39, 0.29) is 12.5 Å². The largest absolute Gasteiger partial charge is 0.389 e. The van der Waals surface area contributed by atoms with Crippen molar-refractivity contribution in [3.63, 3.8) is 0 Å². The van der Waals surface area contributed by atoms with Crippen LogP contribution >= 0.6 is 11.5 Å². The molecule has 1 atom stereocenters. The smallest absolute Gasteiger partial charge is 0.312 e. The lowest BCUT2D eigenvalue weighted by molar-refractivity contribution is -0.136. The maximum Gasteiger partial charge on any atom is 0.389 e. The van der Waals surface area contributed by atoms with Gasteiger partial charge in [-0.05, 0) is 31.4 Å². The van der Waals surface area contributed by atoms with Crippen LogP contribution in [0, 0.1) is 0 Å². The predicted molar refractivity (Wildman–Crippen MR) is 61.0 cm³/mol. The molecular formula is C10H16F3N3S. The van der Waals surface area contributed by atoms with Crippen molar-refractivity contribution < 1.29 is 13.2 Å². The summed E-state index contributed by atoms with van der Waals surface area (Å²) in [6.45, 7) is 2.01. The Hall–Kier alpha value is -0.690. The summed E-state index contributed by atoms with van der Waals surface area (Å²) in [4.78, 5) is 0.832. The van der Waals surface area contributed by atoms with E-state index >= 15 is 0 Å². The van der Waals surface area contributed by atoms with Gasteiger partial charge in [-0.2, -0.15) is 13.2 Å². The molecule has 3 nitrogen and oxygen atoms in total. The molecule has 0 fully saturated rings. The molecule has 1 rings (SSSR count). The van der Waals surface area contributed by atoms with Crippen LogP contribution < -0.4 is 5.32 Å². The number of alkyl halides is 3. The number of nitrogens with zero attached hydrogens (tertiary/aromatic N) is 2. The second-order valence-electron chi connectivity index (χ2n) is 3.83. The van der Waals surface area contributed by atoms with E-state index in [1.807, 2.05) is 6.92 Å². The molecule has 1 aromatic heterocycles. The molecule has 0 aliphatic carbocycles. The number of aromatic nitrogens is 2. The minimum atomic E-state index is -4.11. The minimum absolute atomic E-state index is 0.0284. The molecule has 0 aliphatic heterocycles. The van der Waals surface area contributed by atoms with Gasteiger partial charge in [-0.3, -0.25) is 0 Å². The van der Waals surface area contributed by atoms with Crippen molar-refractivity contribution in [2.75, 3.05) is 7.05 Å². The average molecular weight is 267 g/mol. The van der Waals surface area contributed by atoms with Gasteiger partial charge in [0.2, 0.25) is 0 Å². The maximum atomic E-state index is 12.2. The van der Waals surface area contributed by atoms with Crippen molar-refractivity contribution in [3.8, 4) is 0 Å². The molecule has 1 unspecified atom stereocenters. The van der Waals surface area contributed by atoms with Crippen LogP contribution in [0.1, 0.15) is 42.8 Å². The molecule has 1 N–H and O–H groups in total. The van der Waals surface area contributed by atoms with Crippen molar-refractivity contribution in [3.05, 3.63) is 10.6 Å². The lowest BCUT2D eigenvalue weighted by atomic mass is 10.1. The van der Waals surface area contributed by atoms with E-state index in [9.17, 15) is 13.2 Å². The summed E-state index contributed by atoms with van der Waals surface area (Å²) < 4.78 is 40.4. The van der Waals surface area contributed by atoms with Crippen molar-refractivity contribution in [2.24, 2.45) is 0 Å². The number of aryl methyl sites for hydroxylation is 1. The second-order valence-corrected chi connectivity index (χ2v) is 4.61. The van der Waals surface area contributed by atoms with Crippen molar-refractivity contribution in [1.82, 2.24) is 14.9 Å². The molecule has 1 aromatic rings. The van der Waals surface area contributed by atoms with Crippen LogP contribution in [0.4, 0.5) is 13.2 Å². The van der Waals surface area contributed by atoms with Gasteiger partial charge in [-0.25, -0.2) is 0 Å². The van der Waals surface area contributed by atoms with Crippen LogP contribution in [0.3, 0.4) is 0 Å². The Balaban J connectivity index is 2.69. The first-order chi connectivity index (χ1) is 7.98. The van der Waals surface area contributed by atoms with E-state index in [0.717, 1.165) is 23.4 Å². The quantitative estimate of drug-likeness (QED) is 0.860. The Morgan fingerprint density at radius 1 is 1.41 bits per heavy atom. The van der Waals surface area contributed by atoms with Crippen LogP contribution in [0.2, 0.25) is 0 Å². The third-order valence-corrected chi connectivity index (χ3v) is 3.33. The van der Waals surface area contributed by atoms with Crippen LogP contribution in [0.15, 0.2) is 0 Å². The standard InChI is InChI=1S/C10H16F3N3S/c1-3-4-8-9(17-16-15-8)7(14-2)5-6-10(11,12)13/h7,14H,3-6H2,1-2H3. The normalized spacial score (nSPS) is 13.9. The topological polar surface area (TPSA) is 37.8 Å². The third kappa shape index (κ3) is 4.59. The van der Waals surface area contributed by atoms with Gasteiger partial charge in [0.15, 0.2) is 0 Å². The maximum absolute atomic E-state index is 12.2. The van der Waals surface area contributed by atoms with E-state index in [0.29, 0.717) is 0 Å². The molecule has 0 amide bonds. The fourth-order valence-corrected chi connectivity index (χ4v) is 2.44. The number of nitrogens with one attached hydrogen (secondary N) is 1. The number of hydrogen-bond acceptors (Lipinski definition) is 4. The lowest BCUT2D eigenvalue weighted by Crippen LogP contribution is -2.20. The zero-order chi connectivity index (χ0) is 12.9. The first-order valence-electron chi connectivity index (χ1n) is 5.53. The Morgan fingerprint density at radius 3 is 2.65 bits per heavy atom. The second kappa shape index (κ2) is 6.30. The molecule has 0 radical (unpaired) electrons. The third-order valence-electron chi connectivity index (χ3n) is 2.45. The van der Waals surface area contributed by atoms with Crippen molar-refractivity contribution in [2.45, 2.75) is 44.8 Å². The van der Waals surface area contributed by atoms with Gasteiger partial charge in [-0.1, -0.05) is 17.8 Å². The highest BCUT2D eigenvalue weighted by Crippen LogP contribution is 2.30. The van der Waals surface area contributed by atoms with E-state index < -0.39 is 12.6 Å². The van der Waals surface area contributed by atoms with E-state index in [2.05, 4.69) is 14.9 Å². The Morgan fingerprint density at radius 2 is 2.12 bits per heavy atom. The monoisotopic (exact) mass is 267 g/mol. The fraction of sp³-hybridized carbons (Fsp3) is 0.800. The molecule has 0 saturated heterocycles. The van der Waals surface area contributed by atoms with Crippen molar-refractivity contribution in [1.29, 1.82) is 0 Å². The van der Waals surface area contributed by atoms with E-state index in [4.69, 9.17) is 0 Å². The molecule has 98 valence electrons. The van der Waals surface area contributed by atoms with Crippen LogP contribution in [0.25, 0.3) is 0 Å². The Bertz CT molecular complexity index is 338. The van der Waals surface area contributed by atoms with Gasteiger partial charge in [0, 0.05) is 12.5 Å². The number of rotatable bonds is 6. The highest BCUT2D eigenvalue weighted by atomic mass is 32.1. The van der Waals surface area contributed by atoms with Gasteiger partial charge < -0.3 is 5.32 Å². The molecule has 0 spiro atoms. The summed E-state index contributed by atoms with van der Waals surface area (Å²) in [6, 6.07) is -0.307. The predicted octanol–water partition coefficient (Wildman–Crippen LogP) is 3.09. The lowest BCUT2D eigenvalue weighted by Gasteiger charge is -2.16. The highest BCUT2D eigenvalue weighted by Gasteiger charge is 2.29. The molecule has 17 heavy (non-hydrogen) atoms. The van der Waals surface area contributed by atoms with Gasteiger partial charge in [0.05, 0.1) is 10.6 Å². The molecule has 1 heterocycles. The summed E-state index contributed by atoms with van der Waals surface area (Å²) in [6.07, 6.45) is -3.20. The number of hydrogen-bond donors (Lipinski definition) is 1. The fourth-order valence-electron chi connectivity index (χ4n) is 1.60. The molecule has 0 aromatic carbocycles.